The van der Waals surface area contributed by atoms with Gasteiger partial charge in [-0.1, -0.05) is 208 Å². The van der Waals surface area contributed by atoms with Crippen molar-refractivity contribution < 1.29 is 0 Å². The van der Waals surface area contributed by atoms with E-state index in [-0.39, 0.29) is 5.41 Å². The summed E-state index contributed by atoms with van der Waals surface area (Å²) < 4.78 is 0. The van der Waals surface area contributed by atoms with E-state index >= 15 is 0 Å². The molecule has 12 rings (SSSR count). The highest BCUT2D eigenvalue weighted by Crippen LogP contribution is 2.55. The van der Waals surface area contributed by atoms with Gasteiger partial charge in [0.15, 0.2) is 0 Å². The lowest BCUT2D eigenvalue weighted by molar-refractivity contribution is 0.660. The summed E-state index contributed by atoms with van der Waals surface area (Å²) in [5.41, 5.74) is 20.5. The number of nitrogens with zero attached hydrogens (tertiary/aromatic N) is 1. The number of hydrogen-bond acceptors (Lipinski definition) is 1. The van der Waals surface area contributed by atoms with Gasteiger partial charge in [0.1, 0.15) is 0 Å². The molecule has 0 saturated carbocycles. The smallest absolute Gasteiger partial charge is 0.0543 e. The van der Waals surface area contributed by atoms with Crippen LogP contribution in [0.1, 0.15) is 43.4 Å². The van der Waals surface area contributed by atoms with Gasteiger partial charge < -0.3 is 4.90 Å². The summed E-state index contributed by atoms with van der Waals surface area (Å²) in [4.78, 5) is 2.54. The molecule has 0 radical (unpaired) electrons. The first-order valence-corrected chi connectivity index (χ1v) is 23.3. The quantitative estimate of drug-likeness (QED) is 0.138. The Kier molecular flexibility index (Phi) is 9.72. The molecule has 2 aliphatic rings. The Morgan fingerprint density at radius 3 is 1.61 bits per heavy atom. The van der Waals surface area contributed by atoms with Crippen molar-refractivity contribution in [3.05, 3.63) is 253 Å². The average Bonchev–Trinajstić information content (AvgIpc) is 3.61. The molecule has 10 aromatic rings. The Bertz CT molecular complexity index is 3460. The van der Waals surface area contributed by atoms with Crippen molar-refractivity contribution in [3.8, 4) is 55.6 Å². The van der Waals surface area contributed by atoms with Crippen LogP contribution in [0.15, 0.2) is 237 Å². The van der Waals surface area contributed by atoms with E-state index in [2.05, 4.69) is 255 Å². The maximum Gasteiger partial charge on any atom is 0.0543 e. The Balaban J connectivity index is 1.20. The number of benzene rings is 10. The fraction of sp³-hybridized carbons (Fsp3) is 0.0769. The summed E-state index contributed by atoms with van der Waals surface area (Å²) in [6.45, 7) is 4.77. The summed E-state index contributed by atoms with van der Waals surface area (Å²) in [7, 11) is 0. The minimum absolute atomic E-state index is 0.198. The number of hydrogen-bond donors (Lipinski definition) is 0. The van der Waals surface area contributed by atoms with Crippen LogP contribution in [-0.2, 0) is 5.41 Å². The van der Waals surface area contributed by atoms with Crippen molar-refractivity contribution in [1.29, 1.82) is 0 Å². The van der Waals surface area contributed by atoms with Gasteiger partial charge in [-0.05, 0) is 149 Å². The van der Waals surface area contributed by atoms with Gasteiger partial charge >= 0.3 is 0 Å². The molecule has 0 saturated heterocycles. The molecule has 1 nitrogen and oxygen atoms in total. The fourth-order valence-electron chi connectivity index (χ4n) is 10.8. The Hall–Kier alpha value is -8.00. The van der Waals surface area contributed by atoms with Gasteiger partial charge in [-0.3, -0.25) is 0 Å². The zero-order valence-corrected chi connectivity index (χ0v) is 37.4. The van der Waals surface area contributed by atoms with E-state index in [4.69, 9.17) is 0 Å². The highest BCUT2D eigenvalue weighted by molar-refractivity contribution is 6.17. The molecule has 0 heterocycles. The fourth-order valence-corrected chi connectivity index (χ4v) is 10.8. The SMILES string of the molecule is CC1(C)c2ccccc2-c2cc(-c3ccccc3)c(N(c3ccc(C4=CCCC=C4)cc3)c3cc(-c4ccccc4)c(-c4cc5ccccc5c5ccccc45)c(-c4ccccc4)c3)cc21. The predicted molar refractivity (Wildman–Crippen MR) is 282 cm³/mol. The van der Waals surface area contributed by atoms with Gasteiger partial charge in [0.25, 0.3) is 0 Å². The maximum atomic E-state index is 2.54. The normalized spacial score (nSPS) is 13.6. The molecule has 1 heteroatoms. The second-order valence-electron chi connectivity index (χ2n) is 18.3. The lowest BCUT2D eigenvalue weighted by Crippen LogP contribution is -2.17. The second-order valence-corrected chi connectivity index (χ2v) is 18.3. The lowest BCUT2D eigenvalue weighted by atomic mass is 9.81. The van der Waals surface area contributed by atoms with E-state index in [1.54, 1.807) is 0 Å². The molecule has 0 N–H and O–H groups in total. The van der Waals surface area contributed by atoms with Gasteiger partial charge in [-0.25, -0.2) is 0 Å². The topological polar surface area (TPSA) is 3.24 Å². The van der Waals surface area contributed by atoms with E-state index in [1.807, 2.05) is 0 Å². The lowest BCUT2D eigenvalue weighted by Gasteiger charge is -2.32. The standard InChI is InChI=1S/C65H49N/c1-65(2)61-34-20-19-33-55(61)59-42-56(46-23-9-4-10-24-46)63(43-62(59)65)66(50-37-35-45(36-38-50)44-21-7-3-8-22-44)51-40-57(47-25-11-5-12-26-47)64(58(41-51)48-27-13-6-14-28-48)60-39-49-29-15-16-30-52(49)53-31-17-18-32-54(53)60/h4-7,9-43H,3,8H2,1-2H3. The second kappa shape index (κ2) is 16.2. The van der Waals surface area contributed by atoms with Crippen LogP contribution < -0.4 is 4.90 Å². The maximum absolute atomic E-state index is 2.54. The number of fused-ring (bicyclic) bond motifs is 6. The molecule has 0 aliphatic heterocycles. The van der Waals surface area contributed by atoms with E-state index in [0.717, 1.165) is 29.9 Å². The van der Waals surface area contributed by atoms with E-state index in [9.17, 15) is 0 Å². The minimum atomic E-state index is -0.198. The van der Waals surface area contributed by atoms with Crippen LogP contribution in [0.2, 0.25) is 0 Å². The molecule has 2 aliphatic carbocycles. The molecule has 0 atom stereocenters. The van der Waals surface area contributed by atoms with Crippen molar-refractivity contribution in [2.24, 2.45) is 0 Å². The Labute approximate surface area is 388 Å². The van der Waals surface area contributed by atoms with Crippen LogP contribution >= 0.6 is 0 Å². The largest absolute Gasteiger partial charge is 0.310 e. The number of rotatable bonds is 8. The van der Waals surface area contributed by atoms with Crippen molar-refractivity contribution in [2.75, 3.05) is 4.90 Å². The predicted octanol–water partition coefficient (Wildman–Crippen LogP) is 18.2. The third kappa shape index (κ3) is 6.70. The zero-order chi connectivity index (χ0) is 44.2. The van der Waals surface area contributed by atoms with Gasteiger partial charge in [-0.2, -0.15) is 0 Å². The molecule has 10 aromatic carbocycles. The summed E-state index contributed by atoms with van der Waals surface area (Å²) >= 11 is 0. The monoisotopic (exact) mass is 843 g/mol. The van der Waals surface area contributed by atoms with Crippen LogP contribution in [0.25, 0.3) is 82.8 Å². The molecule has 314 valence electrons. The molecule has 0 bridgehead atoms. The van der Waals surface area contributed by atoms with Gasteiger partial charge in [-0.15, -0.1) is 0 Å². The van der Waals surface area contributed by atoms with Crippen LogP contribution in [0.5, 0.6) is 0 Å². The van der Waals surface area contributed by atoms with Crippen LogP contribution in [-0.4, -0.2) is 0 Å². The summed E-state index contributed by atoms with van der Waals surface area (Å²) in [5, 5.41) is 4.99. The summed E-state index contributed by atoms with van der Waals surface area (Å²) in [6.07, 6.45) is 9.10. The van der Waals surface area contributed by atoms with Crippen molar-refractivity contribution in [1.82, 2.24) is 0 Å². The van der Waals surface area contributed by atoms with Gasteiger partial charge in [0, 0.05) is 22.4 Å². The molecular formula is C65H49N. The molecule has 0 spiro atoms. The van der Waals surface area contributed by atoms with Crippen LogP contribution in [0, 0.1) is 0 Å². The molecular weight excluding hydrogens is 795 g/mol. The number of allylic oxidation sites excluding steroid dienone is 4. The average molecular weight is 844 g/mol. The van der Waals surface area contributed by atoms with Crippen molar-refractivity contribution in [2.45, 2.75) is 32.1 Å². The van der Waals surface area contributed by atoms with E-state index < -0.39 is 0 Å². The van der Waals surface area contributed by atoms with Crippen LogP contribution in [0.4, 0.5) is 17.1 Å². The summed E-state index contributed by atoms with van der Waals surface area (Å²) in [6, 6.07) is 81.3. The van der Waals surface area contributed by atoms with Crippen molar-refractivity contribution >= 4 is 44.2 Å². The highest BCUT2D eigenvalue weighted by atomic mass is 15.1. The molecule has 0 fully saturated rings. The van der Waals surface area contributed by atoms with E-state index in [1.165, 1.54) is 99.4 Å². The first-order chi connectivity index (χ1) is 32.5. The Morgan fingerprint density at radius 2 is 0.955 bits per heavy atom. The van der Waals surface area contributed by atoms with E-state index in [0.29, 0.717) is 0 Å². The van der Waals surface area contributed by atoms with Gasteiger partial charge in [0.05, 0.1) is 5.69 Å². The molecule has 0 unspecified atom stereocenters. The minimum Gasteiger partial charge on any atom is -0.310 e. The van der Waals surface area contributed by atoms with Crippen molar-refractivity contribution in [3.63, 3.8) is 0 Å². The summed E-state index contributed by atoms with van der Waals surface area (Å²) in [5.74, 6) is 0. The third-order valence-corrected chi connectivity index (χ3v) is 14.1. The Morgan fingerprint density at radius 1 is 0.379 bits per heavy atom. The first kappa shape index (κ1) is 39.6. The first-order valence-electron chi connectivity index (χ1n) is 23.3. The molecule has 0 amide bonds. The number of anilines is 3. The molecule has 66 heavy (non-hydrogen) atoms. The van der Waals surface area contributed by atoms with Gasteiger partial charge in [0.2, 0.25) is 0 Å². The third-order valence-electron chi connectivity index (χ3n) is 14.1. The van der Waals surface area contributed by atoms with Crippen LogP contribution in [0.3, 0.4) is 0 Å². The highest BCUT2D eigenvalue weighted by Gasteiger charge is 2.37. The molecule has 0 aromatic heterocycles. The zero-order valence-electron chi connectivity index (χ0n) is 37.4.